The maximum Gasteiger partial charge on any atom is 0.0691 e. The van der Waals surface area contributed by atoms with Crippen LogP contribution in [0.25, 0.3) is 21.5 Å². The van der Waals surface area contributed by atoms with Gasteiger partial charge < -0.3 is 5.11 Å². The van der Waals surface area contributed by atoms with Crippen molar-refractivity contribution in [3.8, 4) is 12.3 Å². The second-order valence-corrected chi connectivity index (χ2v) is 5.17. The van der Waals surface area contributed by atoms with Crippen LogP contribution in [0.2, 0.25) is 0 Å². The number of fused-ring (bicyclic) bond motifs is 2. The van der Waals surface area contributed by atoms with E-state index in [0.717, 1.165) is 38.2 Å². The maximum atomic E-state index is 9.76. The van der Waals surface area contributed by atoms with Crippen molar-refractivity contribution in [1.82, 2.24) is 0 Å². The molecule has 0 atom stereocenters. The normalized spacial score (nSPS) is 10.9. The Bertz CT molecular complexity index is 866. The average molecular weight is 260 g/mol. The molecule has 0 bridgehead atoms. The topological polar surface area (TPSA) is 20.2 Å². The summed E-state index contributed by atoms with van der Waals surface area (Å²) in [5.41, 5.74) is 4.12. The first-order valence-corrected chi connectivity index (χ1v) is 6.69. The van der Waals surface area contributed by atoms with Crippen molar-refractivity contribution in [3.63, 3.8) is 0 Å². The number of hydrogen-bond donors (Lipinski definition) is 1. The van der Waals surface area contributed by atoms with E-state index >= 15 is 0 Å². The molecule has 0 saturated heterocycles. The number of aryl methyl sites for hydroxylation is 1. The molecule has 0 aliphatic heterocycles. The lowest BCUT2D eigenvalue weighted by atomic mass is 9.90. The van der Waals surface area contributed by atoms with Crippen LogP contribution in [0.5, 0.6) is 0 Å². The van der Waals surface area contributed by atoms with Crippen LogP contribution in [-0.4, -0.2) is 5.11 Å². The molecule has 20 heavy (non-hydrogen) atoms. The minimum absolute atomic E-state index is 0.0109. The van der Waals surface area contributed by atoms with Crippen LogP contribution in [0.1, 0.15) is 22.3 Å². The summed E-state index contributed by atoms with van der Waals surface area (Å²) in [5.74, 6) is 2.82. The van der Waals surface area contributed by atoms with E-state index < -0.39 is 0 Å². The lowest BCUT2D eigenvalue weighted by Gasteiger charge is -2.15. The smallest absolute Gasteiger partial charge is 0.0691 e. The van der Waals surface area contributed by atoms with Crippen molar-refractivity contribution >= 4 is 21.5 Å². The van der Waals surface area contributed by atoms with Gasteiger partial charge in [-0.05, 0) is 52.8 Å². The van der Waals surface area contributed by atoms with Gasteiger partial charge in [0.25, 0.3) is 0 Å². The van der Waals surface area contributed by atoms with Crippen molar-refractivity contribution in [2.24, 2.45) is 0 Å². The van der Waals surface area contributed by atoms with Crippen LogP contribution in [0, 0.1) is 26.2 Å². The van der Waals surface area contributed by atoms with Crippen molar-refractivity contribution in [1.29, 1.82) is 0 Å². The highest BCUT2D eigenvalue weighted by Crippen LogP contribution is 2.33. The Hall–Kier alpha value is -2.30. The summed E-state index contributed by atoms with van der Waals surface area (Å²) >= 11 is 0. The van der Waals surface area contributed by atoms with Crippen LogP contribution in [-0.2, 0) is 6.61 Å². The second-order valence-electron chi connectivity index (χ2n) is 5.17. The Labute approximate surface area is 118 Å². The Morgan fingerprint density at radius 2 is 1.85 bits per heavy atom. The van der Waals surface area contributed by atoms with Crippen molar-refractivity contribution in [2.75, 3.05) is 0 Å². The summed E-state index contributed by atoms with van der Waals surface area (Å²) in [6.45, 7) is 4.12. The van der Waals surface area contributed by atoms with Crippen molar-refractivity contribution < 1.29 is 5.11 Å². The van der Waals surface area contributed by atoms with Crippen LogP contribution in [0.3, 0.4) is 0 Å². The van der Waals surface area contributed by atoms with Gasteiger partial charge in [-0.25, -0.2) is 0 Å². The molecule has 0 aromatic heterocycles. The van der Waals surface area contributed by atoms with E-state index in [1.165, 1.54) is 5.56 Å². The van der Waals surface area contributed by atoms with Gasteiger partial charge in [-0.2, -0.15) is 0 Å². The number of rotatable bonds is 1. The summed E-state index contributed by atoms with van der Waals surface area (Å²) in [6, 6.07) is 12.4. The highest BCUT2D eigenvalue weighted by Gasteiger charge is 2.13. The molecular weight excluding hydrogens is 244 g/mol. The van der Waals surface area contributed by atoms with Gasteiger partial charge in [0.05, 0.1) is 6.61 Å². The van der Waals surface area contributed by atoms with E-state index in [0.29, 0.717) is 0 Å². The monoisotopic (exact) mass is 260 g/mol. The molecule has 3 aromatic carbocycles. The molecule has 3 aromatic rings. The minimum Gasteiger partial charge on any atom is -0.392 e. The standard InChI is InChI=1S/C19H16O/c1-4-16-17-8-6-5-7-14(17)10-15-9-12(2)13(3)18(11-20)19(15)16/h1,5-10,20H,11H2,2-3H3. The molecule has 1 N–H and O–H groups in total. The second kappa shape index (κ2) is 4.67. The van der Waals surface area contributed by atoms with Gasteiger partial charge in [0.1, 0.15) is 0 Å². The summed E-state index contributed by atoms with van der Waals surface area (Å²) in [7, 11) is 0. The molecule has 0 fully saturated rings. The van der Waals surface area contributed by atoms with E-state index in [1.807, 2.05) is 25.1 Å². The molecule has 0 unspecified atom stereocenters. The zero-order valence-corrected chi connectivity index (χ0v) is 11.7. The number of aliphatic hydroxyl groups is 1. The number of benzene rings is 3. The van der Waals surface area contributed by atoms with Crippen LogP contribution >= 0.6 is 0 Å². The van der Waals surface area contributed by atoms with Gasteiger partial charge in [-0.15, -0.1) is 6.42 Å². The molecule has 0 aliphatic carbocycles. The Kier molecular flexibility index (Phi) is 2.97. The predicted molar refractivity (Wildman–Crippen MR) is 84.8 cm³/mol. The largest absolute Gasteiger partial charge is 0.392 e. The van der Waals surface area contributed by atoms with E-state index in [9.17, 15) is 5.11 Å². The molecule has 0 spiro atoms. The molecule has 0 saturated carbocycles. The van der Waals surface area contributed by atoms with E-state index in [4.69, 9.17) is 6.42 Å². The summed E-state index contributed by atoms with van der Waals surface area (Å²) in [4.78, 5) is 0. The van der Waals surface area contributed by atoms with Crippen molar-refractivity contribution in [2.45, 2.75) is 20.5 Å². The number of terminal acetylenes is 1. The Morgan fingerprint density at radius 1 is 1.10 bits per heavy atom. The molecular formula is C19H16O. The first kappa shape index (κ1) is 12.7. The lowest BCUT2D eigenvalue weighted by molar-refractivity contribution is 0.282. The van der Waals surface area contributed by atoms with Crippen LogP contribution < -0.4 is 0 Å². The third-order valence-corrected chi connectivity index (χ3v) is 4.10. The van der Waals surface area contributed by atoms with Gasteiger partial charge in [-0.1, -0.05) is 36.3 Å². The zero-order chi connectivity index (χ0) is 14.3. The minimum atomic E-state index is 0.0109. The molecule has 1 nitrogen and oxygen atoms in total. The molecule has 3 rings (SSSR count). The van der Waals surface area contributed by atoms with Gasteiger partial charge in [-0.3, -0.25) is 0 Å². The van der Waals surface area contributed by atoms with Gasteiger partial charge in [0, 0.05) is 10.9 Å². The average Bonchev–Trinajstić information content (AvgIpc) is 2.46. The van der Waals surface area contributed by atoms with Gasteiger partial charge in [0.2, 0.25) is 0 Å². The zero-order valence-electron chi connectivity index (χ0n) is 11.7. The Morgan fingerprint density at radius 3 is 2.55 bits per heavy atom. The van der Waals surface area contributed by atoms with E-state index in [1.54, 1.807) is 0 Å². The fourth-order valence-corrected chi connectivity index (χ4v) is 2.92. The molecule has 98 valence electrons. The lowest BCUT2D eigenvalue weighted by Crippen LogP contribution is -1.97. The molecule has 1 heteroatoms. The highest BCUT2D eigenvalue weighted by atomic mass is 16.3. The first-order valence-electron chi connectivity index (χ1n) is 6.69. The van der Waals surface area contributed by atoms with Gasteiger partial charge >= 0.3 is 0 Å². The number of hydrogen-bond acceptors (Lipinski definition) is 1. The third kappa shape index (κ3) is 1.70. The van der Waals surface area contributed by atoms with Gasteiger partial charge in [0.15, 0.2) is 0 Å². The highest BCUT2D eigenvalue weighted by molar-refractivity contribution is 6.06. The maximum absolute atomic E-state index is 9.76. The predicted octanol–water partition coefficient (Wildman–Crippen LogP) is 4.08. The first-order chi connectivity index (χ1) is 9.67. The molecule has 0 amide bonds. The van der Waals surface area contributed by atoms with E-state index in [2.05, 4.69) is 31.0 Å². The fourth-order valence-electron chi connectivity index (χ4n) is 2.92. The quantitative estimate of drug-likeness (QED) is 0.516. The van der Waals surface area contributed by atoms with Crippen LogP contribution in [0.4, 0.5) is 0 Å². The van der Waals surface area contributed by atoms with Crippen LogP contribution in [0.15, 0.2) is 36.4 Å². The Balaban J connectivity index is 2.64. The fraction of sp³-hybridized carbons (Fsp3) is 0.158. The van der Waals surface area contributed by atoms with E-state index in [-0.39, 0.29) is 6.61 Å². The molecule has 0 radical (unpaired) electrons. The summed E-state index contributed by atoms with van der Waals surface area (Å²) < 4.78 is 0. The SMILES string of the molecule is C#Cc1c2ccccc2cc2cc(C)c(C)c(CO)c12. The number of aliphatic hydroxyl groups excluding tert-OH is 1. The third-order valence-electron chi connectivity index (χ3n) is 4.10. The summed E-state index contributed by atoms with van der Waals surface area (Å²) in [6.07, 6.45) is 5.76. The van der Waals surface area contributed by atoms with Crippen molar-refractivity contribution in [3.05, 3.63) is 58.7 Å². The molecule has 0 heterocycles. The summed E-state index contributed by atoms with van der Waals surface area (Å²) in [5, 5.41) is 14.1. The molecule has 0 aliphatic rings.